The molecule has 126 valence electrons. The third-order valence-corrected chi connectivity index (χ3v) is 4.15. The number of hydrogen-bond donors (Lipinski definition) is 1. The first-order valence-corrected chi connectivity index (χ1v) is 7.81. The van der Waals surface area contributed by atoms with Crippen LogP contribution in [0.1, 0.15) is 30.4 Å². The number of halogens is 3. The monoisotopic (exact) mass is 327 g/mol. The van der Waals surface area contributed by atoms with Gasteiger partial charge in [-0.3, -0.25) is 4.68 Å². The van der Waals surface area contributed by atoms with Crippen molar-refractivity contribution in [1.82, 2.24) is 24.6 Å². The first kappa shape index (κ1) is 16.0. The molecule has 0 fully saturated rings. The molecule has 3 rings (SSSR count). The fourth-order valence-corrected chi connectivity index (χ4v) is 2.91. The topological polar surface area (TPSA) is 47.7 Å². The molecule has 0 radical (unpaired) electrons. The van der Waals surface area contributed by atoms with Gasteiger partial charge in [-0.2, -0.15) is 18.3 Å². The van der Waals surface area contributed by atoms with Crippen molar-refractivity contribution in [3.63, 3.8) is 0 Å². The van der Waals surface area contributed by atoms with Gasteiger partial charge in [-0.05, 0) is 25.8 Å². The summed E-state index contributed by atoms with van der Waals surface area (Å²) in [4.78, 5) is 3.70. The summed E-state index contributed by atoms with van der Waals surface area (Å²) >= 11 is 0. The summed E-state index contributed by atoms with van der Waals surface area (Å²) in [6, 6.07) is 0. The van der Waals surface area contributed by atoms with Gasteiger partial charge in [0.1, 0.15) is 5.82 Å². The number of nitrogens with zero attached hydrogens (tertiary/aromatic N) is 4. The fraction of sp³-hybridized carbons (Fsp3) is 0.600. The Kier molecular flexibility index (Phi) is 4.43. The zero-order valence-electron chi connectivity index (χ0n) is 13.0. The highest BCUT2D eigenvalue weighted by molar-refractivity contribution is 5.10. The molecule has 1 N–H and O–H groups in total. The van der Waals surface area contributed by atoms with Crippen molar-refractivity contribution in [1.29, 1.82) is 0 Å². The van der Waals surface area contributed by atoms with Gasteiger partial charge >= 0.3 is 6.18 Å². The Morgan fingerprint density at radius 3 is 2.87 bits per heavy atom. The maximum absolute atomic E-state index is 12.7. The van der Waals surface area contributed by atoms with Crippen LogP contribution in [0.4, 0.5) is 13.2 Å². The second-order valence-corrected chi connectivity index (χ2v) is 5.93. The average Bonchev–Trinajstić information content (AvgIpc) is 3.12. The number of aryl methyl sites for hydroxylation is 2. The van der Waals surface area contributed by atoms with Gasteiger partial charge < -0.3 is 9.88 Å². The zero-order chi connectivity index (χ0) is 16.4. The van der Waals surface area contributed by atoms with Crippen LogP contribution in [0.25, 0.3) is 0 Å². The predicted octanol–water partition coefficient (Wildman–Crippen LogP) is 2.47. The van der Waals surface area contributed by atoms with Crippen molar-refractivity contribution in [3.05, 3.63) is 35.7 Å². The molecule has 0 aromatic carbocycles. The minimum Gasteiger partial charge on any atom is -0.334 e. The molecule has 8 heteroatoms. The molecule has 0 aliphatic carbocycles. The number of fused-ring (bicyclic) bond motifs is 1. The van der Waals surface area contributed by atoms with Gasteiger partial charge in [0.05, 0.1) is 6.20 Å². The molecule has 1 aliphatic heterocycles. The number of hydrogen-bond acceptors (Lipinski definition) is 3. The van der Waals surface area contributed by atoms with Crippen molar-refractivity contribution >= 4 is 0 Å². The molecular formula is C15H20F3N5. The van der Waals surface area contributed by atoms with Gasteiger partial charge in [0.15, 0.2) is 5.69 Å². The smallest absolute Gasteiger partial charge is 0.334 e. The normalized spacial score (nSPS) is 18.2. The average molecular weight is 327 g/mol. The van der Waals surface area contributed by atoms with Crippen molar-refractivity contribution in [2.75, 3.05) is 6.54 Å². The number of imidazole rings is 1. The Balaban J connectivity index is 1.52. The van der Waals surface area contributed by atoms with E-state index in [-0.39, 0.29) is 0 Å². The summed E-state index contributed by atoms with van der Waals surface area (Å²) < 4.78 is 41.6. The highest BCUT2D eigenvalue weighted by Crippen LogP contribution is 2.30. The molecule has 3 heterocycles. The largest absolute Gasteiger partial charge is 0.434 e. The van der Waals surface area contributed by atoms with E-state index in [4.69, 9.17) is 0 Å². The first-order valence-electron chi connectivity index (χ1n) is 7.81. The van der Waals surface area contributed by atoms with Gasteiger partial charge in [0.25, 0.3) is 0 Å². The van der Waals surface area contributed by atoms with Crippen LogP contribution in [0.3, 0.4) is 0 Å². The van der Waals surface area contributed by atoms with E-state index in [0.717, 1.165) is 37.8 Å². The minimum absolute atomic E-state index is 0.319. The molecule has 23 heavy (non-hydrogen) atoms. The lowest BCUT2D eigenvalue weighted by Gasteiger charge is -2.23. The van der Waals surface area contributed by atoms with Crippen LogP contribution in [-0.2, 0) is 32.2 Å². The second kappa shape index (κ2) is 6.35. The van der Waals surface area contributed by atoms with E-state index in [1.807, 2.05) is 24.0 Å². The van der Waals surface area contributed by atoms with Crippen LogP contribution in [0.15, 0.2) is 18.6 Å². The molecule has 1 atom stereocenters. The summed E-state index contributed by atoms with van der Waals surface area (Å²) in [5, 5.41) is 7.58. The fourth-order valence-electron chi connectivity index (χ4n) is 2.91. The Hall–Kier alpha value is -1.83. The van der Waals surface area contributed by atoms with Gasteiger partial charge in [-0.15, -0.1) is 0 Å². The lowest BCUT2D eigenvalue weighted by molar-refractivity contribution is -0.141. The van der Waals surface area contributed by atoms with Crippen molar-refractivity contribution in [2.24, 2.45) is 5.92 Å². The third-order valence-electron chi connectivity index (χ3n) is 4.15. The Labute approximate surface area is 132 Å². The molecular weight excluding hydrogens is 307 g/mol. The molecule has 2 aromatic rings. The van der Waals surface area contributed by atoms with E-state index in [2.05, 4.69) is 15.4 Å². The summed E-state index contributed by atoms with van der Waals surface area (Å²) in [6.45, 7) is 4.95. The van der Waals surface area contributed by atoms with Gasteiger partial charge in [0, 0.05) is 44.0 Å². The molecule has 1 aliphatic rings. The Morgan fingerprint density at radius 1 is 1.35 bits per heavy atom. The molecule has 0 saturated carbocycles. The van der Waals surface area contributed by atoms with Crippen LogP contribution >= 0.6 is 0 Å². The van der Waals surface area contributed by atoms with E-state index in [1.54, 1.807) is 4.57 Å². The Morgan fingerprint density at radius 2 is 2.17 bits per heavy atom. The number of alkyl halides is 3. The van der Waals surface area contributed by atoms with Crippen LogP contribution < -0.4 is 5.32 Å². The minimum atomic E-state index is -4.36. The van der Waals surface area contributed by atoms with Crippen molar-refractivity contribution < 1.29 is 13.2 Å². The summed E-state index contributed by atoms with van der Waals surface area (Å²) in [6.07, 6.45) is 2.05. The van der Waals surface area contributed by atoms with Gasteiger partial charge in [0.2, 0.25) is 0 Å². The van der Waals surface area contributed by atoms with E-state index in [0.29, 0.717) is 24.7 Å². The lowest BCUT2D eigenvalue weighted by Crippen LogP contribution is -2.29. The van der Waals surface area contributed by atoms with E-state index < -0.39 is 11.9 Å². The van der Waals surface area contributed by atoms with E-state index in [9.17, 15) is 13.2 Å². The van der Waals surface area contributed by atoms with Crippen LogP contribution in [0, 0.1) is 5.92 Å². The maximum atomic E-state index is 12.7. The molecule has 0 unspecified atom stereocenters. The molecule has 0 spiro atoms. The molecule has 2 aromatic heterocycles. The van der Waals surface area contributed by atoms with Crippen molar-refractivity contribution in [3.8, 4) is 0 Å². The predicted molar refractivity (Wildman–Crippen MR) is 78.6 cm³/mol. The van der Waals surface area contributed by atoms with Crippen LogP contribution in [0.5, 0.6) is 0 Å². The molecule has 5 nitrogen and oxygen atoms in total. The molecule has 0 saturated heterocycles. The standard InChI is InChI=1S/C15H20F3N5/c1-2-23-9-12(7-20-23)6-19-5-11-3-4-14-21-13(15(16,17)18)10-22(14)8-11/h7,9-11,19H,2-6,8H2,1H3/t11-/m1/s1. The lowest BCUT2D eigenvalue weighted by atomic mass is 9.99. The van der Waals surface area contributed by atoms with Gasteiger partial charge in [-0.25, -0.2) is 4.98 Å². The highest BCUT2D eigenvalue weighted by Gasteiger charge is 2.35. The highest BCUT2D eigenvalue weighted by atomic mass is 19.4. The summed E-state index contributed by atoms with van der Waals surface area (Å²) in [5.74, 6) is 0.858. The van der Waals surface area contributed by atoms with Gasteiger partial charge in [-0.1, -0.05) is 0 Å². The SMILES string of the molecule is CCn1cc(CNC[C@H]2CCc3nc(C(F)(F)F)cn3C2)cn1. The zero-order valence-corrected chi connectivity index (χ0v) is 13.0. The number of aromatic nitrogens is 4. The Bertz CT molecular complexity index is 658. The molecule has 0 amide bonds. The van der Waals surface area contributed by atoms with E-state index in [1.165, 1.54) is 0 Å². The third kappa shape index (κ3) is 3.74. The van der Waals surface area contributed by atoms with Crippen LogP contribution in [-0.4, -0.2) is 25.9 Å². The van der Waals surface area contributed by atoms with Crippen LogP contribution in [0.2, 0.25) is 0 Å². The second-order valence-electron chi connectivity index (χ2n) is 5.93. The molecule has 0 bridgehead atoms. The van der Waals surface area contributed by atoms with Crippen molar-refractivity contribution in [2.45, 2.75) is 45.6 Å². The maximum Gasteiger partial charge on any atom is 0.434 e. The number of nitrogens with one attached hydrogen (secondary N) is 1. The first-order chi connectivity index (χ1) is 11.0. The quantitative estimate of drug-likeness (QED) is 0.918. The summed E-state index contributed by atoms with van der Waals surface area (Å²) in [7, 11) is 0. The summed E-state index contributed by atoms with van der Waals surface area (Å²) in [5.41, 5.74) is 0.332. The number of rotatable bonds is 5. The van der Waals surface area contributed by atoms with E-state index >= 15 is 0 Å².